The fourth-order valence-corrected chi connectivity index (χ4v) is 4.29. The molecular formula is C18H27NO. The average molecular weight is 273 g/mol. The highest BCUT2D eigenvalue weighted by Crippen LogP contribution is 2.51. The van der Waals surface area contributed by atoms with Crippen LogP contribution in [0.2, 0.25) is 0 Å². The zero-order valence-corrected chi connectivity index (χ0v) is 13.1. The summed E-state index contributed by atoms with van der Waals surface area (Å²) in [6, 6.07) is 9.67. The molecule has 1 saturated heterocycles. The van der Waals surface area contributed by atoms with Crippen LogP contribution < -0.4 is 5.32 Å². The van der Waals surface area contributed by atoms with Gasteiger partial charge in [-0.25, -0.2) is 0 Å². The molecule has 0 radical (unpaired) electrons. The number of nitrogens with one attached hydrogen (secondary N) is 1. The first-order valence-corrected chi connectivity index (χ1v) is 7.95. The smallest absolute Gasteiger partial charge is 0.0684 e. The summed E-state index contributed by atoms with van der Waals surface area (Å²) in [5, 5.41) is 3.88. The van der Waals surface area contributed by atoms with E-state index in [2.05, 4.69) is 57.3 Å². The van der Waals surface area contributed by atoms with Crippen molar-refractivity contribution in [2.24, 2.45) is 11.3 Å². The van der Waals surface area contributed by atoms with Gasteiger partial charge in [-0.05, 0) is 37.8 Å². The Morgan fingerprint density at radius 3 is 2.80 bits per heavy atom. The van der Waals surface area contributed by atoms with Crippen LogP contribution in [0.25, 0.3) is 0 Å². The topological polar surface area (TPSA) is 21.3 Å². The van der Waals surface area contributed by atoms with Gasteiger partial charge in [0.2, 0.25) is 0 Å². The van der Waals surface area contributed by atoms with Gasteiger partial charge in [0.05, 0.1) is 6.10 Å². The SMILES string of the molecule is Cc1ccccc1[C@@H](C)NC1C2CCCOC2C1(C)C. The van der Waals surface area contributed by atoms with Gasteiger partial charge in [0.1, 0.15) is 0 Å². The van der Waals surface area contributed by atoms with Gasteiger partial charge in [-0.15, -0.1) is 0 Å². The van der Waals surface area contributed by atoms with Gasteiger partial charge in [-0.3, -0.25) is 0 Å². The summed E-state index contributed by atoms with van der Waals surface area (Å²) in [5.41, 5.74) is 3.05. The molecule has 0 aromatic heterocycles. The second-order valence-electron chi connectivity index (χ2n) is 7.14. The first-order valence-electron chi connectivity index (χ1n) is 7.95. The number of ether oxygens (including phenoxy) is 1. The van der Waals surface area contributed by atoms with Gasteiger partial charge >= 0.3 is 0 Å². The molecule has 1 aromatic rings. The monoisotopic (exact) mass is 273 g/mol. The maximum Gasteiger partial charge on any atom is 0.0684 e. The minimum Gasteiger partial charge on any atom is -0.377 e. The normalized spacial score (nSPS) is 33.1. The molecule has 2 heteroatoms. The molecule has 1 N–H and O–H groups in total. The Morgan fingerprint density at radius 1 is 1.30 bits per heavy atom. The van der Waals surface area contributed by atoms with E-state index < -0.39 is 0 Å². The molecule has 110 valence electrons. The van der Waals surface area contributed by atoms with Gasteiger partial charge < -0.3 is 10.1 Å². The molecule has 1 heterocycles. The molecule has 4 atom stereocenters. The number of rotatable bonds is 3. The van der Waals surface area contributed by atoms with Crippen LogP contribution in [-0.2, 0) is 4.74 Å². The highest BCUT2D eigenvalue weighted by Gasteiger charge is 2.57. The summed E-state index contributed by atoms with van der Waals surface area (Å²) in [6.07, 6.45) is 2.98. The third-order valence-corrected chi connectivity index (χ3v) is 5.42. The lowest BCUT2D eigenvalue weighted by molar-refractivity contribution is -0.194. The maximum atomic E-state index is 5.99. The highest BCUT2D eigenvalue weighted by molar-refractivity contribution is 5.29. The zero-order valence-electron chi connectivity index (χ0n) is 13.1. The predicted octanol–water partition coefficient (Wildman–Crippen LogP) is 3.85. The molecule has 3 unspecified atom stereocenters. The fraction of sp³-hybridized carbons (Fsp3) is 0.667. The largest absolute Gasteiger partial charge is 0.377 e. The van der Waals surface area contributed by atoms with E-state index in [1.165, 1.54) is 24.0 Å². The quantitative estimate of drug-likeness (QED) is 0.903. The zero-order chi connectivity index (χ0) is 14.3. The Labute approximate surface area is 122 Å². The lowest BCUT2D eigenvalue weighted by Gasteiger charge is -2.60. The van der Waals surface area contributed by atoms with Gasteiger partial charge in [-0.1, -0.05) is 38.1 Å². The molecule has 0 amide bonds. The average Bonchev–Trinajstić information content (AvgIpc) is 2.45. The molecule has 2 aliphatic rings. The minimum absolute atomic E-state index is 0.252. The number of aryl methyl sites for hydroxylation is 1. The Kier molecular flexibility index (Phi) is 3.64. The second kappa shape index (κ2) is 5.16. The van der Waals surface area contributed by atoms with Crippen LogP contribution in [0.4, 0.5) is 0 Å². The fourth-order valence-electron chi connectivity index (χ4n) is 4.29. The van der Waals surface area contributed by atoms with Crippen molar-refractivity contribution < 1.29 is 4.74 Å². The van der Waals surface area contributed by atoms with Crippen molar-refractivity contribution in [2.75, 3.05) is 6.61 Å². The molecule has 0 bridgehead atoms. The van der Waals surface area contributed by atoms with Gasteiger partial charge in [0, 0.05) is 30.0 Å². The van der Waals surface area contributed by atoms with Crippen molar-refractivity contribution in [2.45, 2.75) is 58.7 Å². The van der Waals surface area contributed by atoms with Crippen molar-refractivity contribution in [1.29, 1.82) is 0 Å². The van der Waals surface area contributed by atoms with E-state index in [4.69, 9.17) is 4.74 Å². The van der Waals surface area contributed by atoms with Crippen molar-refractivity contribution in [3.63, 3.8) is 0 Å². The van der Waals surface area contributed by atoms with Crippen LogP contribution in [0.1, 0.15) is 50.8 Å². The summed E-state index contributed by atoms with van der Waals surface area (Å²) >= 11 is 0. The second-order valence-corrected chi connectivity index (χ2v) is 7.14. The summed E-state index contributed by atoms with van der Waals surface area (Å²) in [5.74, 6) is 0.699. The Bertz CT molecular complexity index is 482. The first kappa shape index (κ1) is 14.1. The van der Waals surface area contributed by atoms with E-state index in [1.807, 2.05) is 0 Å². The number of fused-ring (bicyclic) bond motifs is 1. The van der Waals surface area contributed by atoms with E-state index in [0.717, 1.165) is 6.61 Å². The highest BCUT2D eigenvalue weighted by atomic mass is 16.5. The molecular weight excluding hydrogens is 246 g/mol. The molecule has 20 heavy (non-hydrogen) atoms. The van der Waals surface area contributed by atoms with Crippen molar-refractivity contribution in [3.05, 3.63) is 35.4 Å². The van der Waals surface area contributed by atoms with E-state index >= 15 is 0 Å². The van der Waals surface area contributed by atoms with Crippen molar-refractivity contribution in [3.8, 4) is 0 Å². The Morgan fingerprint density at radius 2 is 2.05 bits per heavy atom. The minimum atomic E-state index is 0.252. The van der Waals surface area contributed by atoms with E-state index in [9.17, 15) is 0 Å². The van der Waals surface area contributed by atoms with Crippen LogP contribution in [0.5, 0.6) is 0 Å². The lowest BCUT2D eigenvalue weighted by Crippen LogP contribution is -2.69. The van der Waals surface area contributed by atoms with Crippen molar-refractivity contribution in [1.82, 2.24) is 5.32 Å². The molecule has 1 saturated carbocycles. The van der Waals surface area contributed by atoms with E-state index in [-0.39, 0.29) is 5.41 Å². The van der Waals surface area contributed by atoms with E-state index in [0.29, 0.717) is 24.1 Å². The standard InChI is InChI=1S/C18H27NO/c1-12-8-5-6-9-14(12)13(2)19-16-15-10-7-11-20-17(15)18(16,3)4/h5-6,8-9,13,15-17,19H,7,10-11H2,1-4H3/t13-,15?,16?,17?/m1/s1. The Balaban J connectivity index is 1.73. The molecule has 1 aliphatic carbocycles. The number of hydrogen-bond donors (Lipinski definition) is 1. The molecule has 1 aromatic carbocycles. The third kappa shape index (κ3) is 2.19. The molecule has 3 rings (SSSR count). The van der Waals surface area contributed by atoms with Crippen LogP contribution in [0.15, 0.2) is 24.3 Å². The summed E-state index contributed by atoms with van der Waals surface area (Å²) < 4.78 is 5.99. The van der Waals surface area contributed by atoms with Gasteiger partial charge in [0.15, 0.2) is 0 Å². The van der Waals surface area contributed by atoms with Crippen LogP contribution in [0.3, 0.4) is 0 Å². The summed E-state index contributed by atoms with van der Waals surface area (Å²) in [4.78, 5) is 0. The maximum absolute atomic E-state index is 5.99. The van der Waals surface area contributed by atoms with Crippen molar-refractivity contribution >= 4 is 0 Å². The first-order chi connectivity index (χ1) is 9.51. The third-order valence-electron chi connectivity index (χ3n) is 5.42. The van der Waals surface area contributed by atoms with E-state index in [1.54, 1.807) is 0 Å². The number of benzene rings is 1. The van der Waals surface area contributed by atoms with Crippen LogP contribution >= 0.6 is 0 Å². The Hall–Kier alpha value is -0.860. The number of hydrogen-bond acceptors (Lipinski definition) is 2. The summed E-state index contributed by atoms with van der Waals surface area (Å²) in [6.45, 7) is 10.1. The van der Waals surface area contributed by atoms with Crippen LogP contribution in [-0.4, -0.2) is 18.8 Å². The lowest BCUT2D eigenvalue weighted by atomic mass is 9.55. The van der Waals surface area contributed by atoms with Gasteiger partial charge in [0.25, 0.3) is 0 Å². The van der Waals surface area contributed by atoms with Crippen LogP contribution in [0, 0.1) is 18.3 Å². The molecule has 0 spiro atoms. The molecule has 2 nitrogen and oxygen atoms in total. The molecule has 1 aliphatic heterocycles. The van der Waals surface area contributed by atoms with Gasteiger partial charge in [-0.2, -0.15) is 0 Å². The summed E-state index contributed by atoms with van der Waals surface area (Å²) in [7, 11) is 0. The predicted molar refractivity (Wildman–Crippen MR) is 82.8 cm³/mol. The molecule has 2 fully saturated rings.